The van der Waals surface area contributed by atoms with Gasteiger partial charge in [0.05, 0.1) is 36.0 Å². The van der Waals surface area contributed by atoms with E-state index in [9.17, 15) is 9.59 Å². The standard InChI is InChI=1S/C25H23N3O5/c1-3-32-22-7-5-4-6-20(22)26-23(29)15-33-25(30)17-10-13-19-21(14-17)28-24(27-19)16-8-11-18(31-2)12-9-16/h4-14H,3,15H2,1-2H3,(H,26,29)(H,27,28). The van der Waals surface area contributed by atoms with E-state index < -0.39 is 18.5 Å². The summed E-state index contributed by atoms with van der Waals surface area (Å²) in [6, 6.07) is 19.6. The lowest BCUT2D eigenvalue weighted by Crippen LogP contribution is -2.21. The van der Waals surface area contributed by atoms with Crippen LogP contribution in [-0.4, -0.2) is 42.2 Å². The number of nitrogens with zero attached hydrogens (tertiary/aromatic N) is 1. The topological polar surface area (TPSA) is 103 Å². The molecule has 0 bridgehead atoms. The molecular weight excluding hydrogens is 422 g/mol. The Morgan fingerprint density at radius 1 is 1.03 bits per heavy atom. The second-order valence-electron chi connectivity index (χ2n) is 7.10. The molecule has 1 amide bonds. The van der Waals surface area contributed by atoms with Crippen LogP contribution in [0.2, 0.25) is 0 Å². The van der Waals surface area contributed by atoms with E-state index in [1.54, 1.807) is 43.5 Å². The highest BCUT2D eigenvalue weighted by Gasteiger charge is 2.14. The zero-order valence-corrected chi connectivity index (χ0v) is 18.3. The van der Waals surface area contributed by atoms with Gasteiger partial charge < -0.3 is 24.5 Å². The van der Waals surface area contributed by atoms with E-state index in [0.29, 0.717) is 40.5 Å². The highest BCUT2D eigenvalue weighted by atomic mass is 16.5. The Hall–Kier alpha value is -4.33. The number of amides is 1. The van der Waals surface area contributed by atoms with E-state index in [2.05, 4.69) is 15.3 Å². The molecule has 8 heteroatoms. The summed E-state index contributed by atoms with van der Waals surface area (Å²) in [5.74, 6) is 0.915. The molecule has 4 aromatic rings. The van der Waals surface area contributed by atoms with Crippen LogP contribution in [0.3, 0.4) is 0 Å². The molecule has 0 saturated heterocycles. The minimum Gasteiger partial charge on any atom is -0.497 e. The van der Waals surface area contributed by atoms with Crippen molar-refractivity contribution < 1.29 is 23.8 Å². The van der Waals surface area contributed by atoms with Gasteiger partial charge in [-0.15, -0.1) is 0 Å². The Bertz CT molecular complexity index is 1280. The van der Waals surface area contributed by atoms with E-state index >= 15 is 0 Å². The Labute approximate surface area is 190 Å². The number of aromatic amines is 1. The Morgan fingerprint density at radius 3 is 2.58 bits per heavy atom. The maximum atomic E-state index is 12.5. The molecule has 2 N–H and O–H groups in total. The van der Waals surface area contributed by atoms with E-state index in [-0.39, 0.29) is 0 Å². The van der Waals surface area contributed by atoms with Crippen molar-refractivity contribution in [3.63, 3.8) is 0 Å². The van der Waals surface area contributed by atoms with Crippen LogP contribution in [0, 0.1) is 0 Å². The molecule has 1 heterocycles. The lowest BCUT2D eigenvalue weighted by Gasteiger charge is -2.11. The van der Waals surface area contributed by atoms with Crippen LogP contribution < -0.4 is 14.8 Å². The van der Waals surface area contributed by atoms with Crippen molar-refractivity contribution in [3.8, 4) is 22.9 Å². The van der Waals surface area contributed by atoms with Gasteiger partial charge in [-0.2, -0.15) is 0 Å². The van der Waals surface area contributed by atoms with Gasteiger partial charge >= 0.3 is 5.97 Å². The summed E-state index contributed by atoms with van der Waals surface area (Å²) in [6.07, 6.45) is 0. The van der Waals surface area contributed by atoms with Crippen LogP contribution in [0.15, 0.2) is 66.7 Å². The normalized spacial score (nSPS) is 10.6. The van der Waals surface area contributed by atoms with Crippen LogP contribution in [0.5, 0.6) is 11.5 Å². The van der Waals surface area contributed by atoms with Gasteiger partial charge in [0.15, 0.2) is 6.61 Å². The summed E-state index contributed by atoms with van der Waals surface area (Å²) in [6.45, 7) is 1.91. The summed E-state index contributed by atoms with van der Waals surface area (Å²) in [4.78, 5) is 32.5. The summed E-state index contributed by atoms with van der Waals surface area (Å²) >= 11 is 0. The van der Waals surface area contributed by atoms with Gasteiger partial charge in [-0.1, -0.05) is 12.1 Å². The molecule has 0 aliphatic heterocycles. The van der Waals surface area contributed by atoms with E-state index in [0.717, 1.165) is 11.3 Å². The third-order valence-electron chi connectivity index (χ3n) is 4.88. The number of imidazole rings is 1. The second kappa shape index (κ2) is 9.86. The predicted molar refractivity (Wildman–Crippen MR) is 125 cm³/mol. The van der Waals surface area contributed by atoms with Gasteiger partial charge in [-0.25, -0.2) is 9.78 Å². The summed E-state index contributed by atoms with van der Waals surface area (Å²) in [5, 5.41) is 2.70. The van der Waals surface area contributed by atoms with Crippen molar-refractivity contribution in [1.82, 2.24) is 9.97 Å². The number of aromatic nitrogens is 2. The Morgan fingerprint density at radius 2 is 1.82 bits per heavy atom. The molecule has 168 valence electrons. The van der Waals surface area contributed by atoms with Crippen molar-refractivity contribution >= 4 is 28.6 Å². The zero-order chi connectivity index (χ0) is 23.2. The van der Waals surface area contributed by atoms with Gasteiger partial charge in [-0.05, 0) is 61.5 Å². The van der Waals surface area contributed by atoms with Crippen LogP contribution in [0.4, 0.5) is 5.69 Å². The number of methoxy groups -OCH3 is 1. The number of carbonyl (C=O) groups is 2. The van der Waals surface area contributed by atoms with Crippen LogP contribution >= 0.6 is 0 Å². The van der Waals surface area contributed by atoms with Crippen molar-refractivity contribution in [3.05, 3.63) is 72.3 Å². The molecule has 8 nitrogen and oxygen atoms in total. The second-order valence-corrected chi connectivity index (χ2v) is 7.10. The van der Waals surface area contributed by atoms with Crippen molar-refractivity contribution in [2.24, 2.45) is 0 Å². The minimum atomic E-state index is -0.606. The number of benzene rings is 3. The number of hydrogen-bond donors (Lipinski definition) is 2. The van der Waals surface area contributed by atoms with Crippen molar-refractivity contribution in [1.29, 1.82) is 0 Å². The molecule has 0 aliphatic carbocycles. The number of rotatable bonds is 8. The number of carbonyl (C=O) groups excluding carboxylic acids is 2. The molecular formula is C25H23N3O5. The molecule has 0 atom stereocenters. The fourth-order valence-corrected chi connectivity index (χ4v) is 3.27. The first-order chi connectivity index (χ1) is 16.1. The largest absolute Gasteiger partial charge is 0.497 e. The maximum Gasteiger partial charge on any atom is 0.338 e. The number of hydrogen-bond acceptors (Lipinski definition) is 6. The number of esters is 1. The first-order valence-electron chi connectivity index (χ1n) is 10.4. The molecule has 0 spiro atoms. The quantitative estimate of drug-likeness (QED) is 0.389. The van der Waals surface area contributed by atoms with E-state index in [4.69, 9.17) is 14.2 Å². The Balaban J connectivity index is 1.41. The summed E-state index contributed by atoms with van der Waals surface area (Å²) in [5.41, 5.74) is 3.12. The molecule has 4 rings (SSSR count). The Kier molecular flexibility index (Phi) is 6.54. The van der Waals surface area contributed by atoms with Gasteiger partial charge in [-0.3, -0.25) is 4.79 Å². The third kappa shape index (κ3) is 5.12. The number of para-hydroxylation sites is 2. The highest BCUT2D eigenvalue weighted by molar-refractivity contribution is 5.98. The SMILES string of the molecule is CCOc1ccccc1NC(=O)COC(=O)c1ccc2nc(-c3ccc(OC)cc3)[nH]c2c1. The van der Waals surface area contributed by atoms with Crippen LogP contribution in [0.25, 0.3) is 22.4 Å². The van der Waals surface area contributed by atoms with Crippen LogP contribution in [-0.2, 0) is 9.53 Å². The van der Waals surface area contributed by atoms with E-state index in [1.807, 2.05) is 37.3 Å². The molecule has 1 aromatic heterocycles. The van der Waals surface area contributed by atoms with Crippen LogP contribution in [0.1, 0.15) is 17.3 Å². The molecule has 0 radical (unpaired) electrons. The fraction of sp³-hybridized carbons (Fsp3) is 0.160. The first kappa shape index (κ1) is 21.9. The third-order valence-corrected chi connectivity index (χ3v) is 4.88. The highest BCUT2D eigenvalue weighted by Crippen LogP contribution is 2.25. The molecule has 0 fully saturated rings. The van der Waals surface area contributed by atoms with Crippen molar-refractivity contribution in [2.75, 3.05) is 25.6 Å². The number of H-pyrrole nitrogens is 1. The average Bonchev–Trinajstić information content (AvgIpc) is 3.27. The number of fused-ring (bicyclic) bond motifs is 1. The fourth-order valence-electron chi connectivity index (χ4n) is 3.27. The predicted octanol–water partition coefficient (Wildman–Crippen LogP) is 4.43. The average molecular weight is 445 g/mol. The lowest BCUT2D eigenvalue weighted by atomic mass is 10.2. The monoisotopic (exact) mass is 445 g/mol. The smallest absolute Gasteiger partial charge is 0.338 e. The van der Waals surface area contributed by atoms with Gasteiger partial charge in [0.2, 0.25) is 0 Å². The lowest BCUT2D eigenvalue weighted by molar-refractivity contribution is -0.119. The molecule has 3 aromatic carbocycles. The number of anilines is 1. The first-order valence-corrected chi connectivity index (χ1v) is 10.4. The zero-order valence-electron chi connectivity index (χ0n) is 18.3. The minimum absolute atomic E-state index is 0.315. The van der Waals surface area contributed by atoms with Gasteiger partial charge in [0.25, 0.3) is 5.91 Å². The van der Waals surface area contributed by atoms with E-state index in [1.165, 1.54) is 0 Å². The number of ether oxygens (including phenoxy) is 3. The van der Waals surface area contributed by atoms with Gasteiger partial charge in [0.1, 0.15) is 17.3 Å². The molecule has 33 heavy (non-hydrogen) atoms. The van der Waals surface area contributed by atoms with Gasteiger partial charge in [0, 0.05) is 5.56 Å². The summed E-state index contributed by atoms with van der Waals surface area (Å²) in [7, 11) is 1.61. The number of nitrogens with one attached hydrogen (secondary N) is 2. The maximum absolute atomic E-state index is 12.5. The molecule has 0 saturated carbocycles. The summed E-state index contributed by atoms with van der Waals surface area (Å²) < 4.78 is 15.8. The van der Waals surface area contributed by atoms with Crippen molar-refractivity contribution in [2.45, 2.75) is 6.92 Å². The molecule has 0 unspecified atom stereocenters. The molecule has 0 aliphatic rings.